The number of hydrogen-bond acceptors (Lipinski definition) is 8. The highest BCUT2D eigenvalue weighted by Crippen LogP contribution is 2.84. The molecular formula is C19H26O8. The summed E-state index contributed by atoms with van der Waals surface area (Å²) in [5, 5.41) is 45.4. The summed E-state index contributed by atoms with van der Waals surface area (Å²) in [5.74, 6) is -0.856. The average Bonchev–Trinajstić information content (AvgIpc) is 3.31. The van der Waals surface area contributed by atoms with Gasteiger partial charge in [-0.25, -0.2) is 0 Å². The second kappa shape index (κ2) is 4.60. The fourth-order valence-corrected chi connectivity index (χ4v) is 8.13. The van der Waals surface area contributed by atoms with Crippen molar-refractivity contribution in [1.82, 2.24) is 0 Å². The maximum Gasteiger partial charge on any atom is 0.188 e. The third kappa shape index (κ3) is 1.28. The largest absolute Gasteiger partial charge is 0.390 e. The fraction of sp³-hybridized carbons (Fsp3) is 0.895. The van der Waals surface area contributed by atoms with E-state index < -0.39 is 64.9 Å². The SMILES string of the molecule is C=C(C)[C@@H]1[C@@H](O)C2OC(O)C34OC5OC[C@H](O)C51C23CC1OC[C@@H](C)[C@@]14O. The van der Waals surface area contributed by atoms with Crippen LogP contribution in [0.5, 0.6) is 0 Å². The van der Waals surface area contributed by atoms with Crippen LogP contribution in [0.2, 0.25) is 0 Å². The highest BCUT2D eigenvalue weighted by Gasteiger charge is 2.99. The standard InChI is InChI=1S/C19H26O8/c1-7(2)11-12(21)13-16-4-10-18(23,8(3)5-24-10)19(16,14(22)26-13)27-15-17(11,16)9(20)6-25-15/h8-15,20-23H,1,4-6H2,2-3H3/t8-,9+,10?,11-,12-,13?,14?,15?,16?,17?,18-,19?/m1/s1. The summed E-state index contributed by atoms with van der Waals surface area (Å²) in [6.45, 7) is 8.12. The third-order valence-electron chi connectivity index (χ3n) is 8.77. The van der Waals surface area contributed by atoms with Crippen LogP contribution in [-0.4, -0.2) is 81.8 Å². The van der Waals surface area contributed by atoms with E-state index in [1.54, 1.807) is 0 Å². The van der Waals surface area contributed by atoms with E-state index in [2.05, 4.69) is 6.58 Å². The topological polar surface area (TPSA) is 118 Å². The van der Waals surface area contributed by atoms with Gasteiger partial charge in [-0.1, -0.05) is 19.1 Å². The number of ether oxygens (including phenoxy) is 4. The fourth-order valence-electron chi connectivity index (χ4n) is 8.13. The Morgan fingerprint density at radius 2 is 1.89 bits per heavy atom. The summed E-state index contributed by atoms with van der Waals surface area (Å²) in [6.07, 6.45) is -5.35. The first-order valence-corrected chi connectivity index (χ1v) is 9.69. The lowest BCUT2D eigenvalue weighted by molar-refractivity contribution is -0.296. The molecule has 0 aromatic rings. The summed E-state index contributed by atoms with van der Waals surface area (Å²) in [5.41, 5.74) is -4.47. The van der Waals surface area contributed by atoms with Gasteiger partial charge in [-0.3, -0.25) is 0 Å². The molecule has 8 heteroatoms. The van der Waals surface area contributed by atoms with Gasteiger partial charge in [-0.15, -0.1) is 0 Å². The van der Waals surface area contributed by atoms with E-state index in [0.29, 0.717) is 18.6 Å². The molecule has 12 atom stereocenters. The molecule has 6 rings (SSSR count). The van der Waals surface area contributed by atoms with Crippen LogP contribution in [0.3, 0.4) is 0 Å². The molecule has 8 nitrogen and oxygen atoms in total. The van der Waals surface area contributed by atoms with Gasteiger partial charge in [0.15, 0.2) is 18.2 Å². The first kappa shape index (κ1) is 17.3. The molecule has 4 N–H and O–H groups in total. The van der Waals surface area contributed by atoms with Gasteiger partial charge in [0.1, 0.15) is 5.60 Å². The van der Waals surface area contributed by atoms with Crippen molar-refractivity contribution in [3.63, 3.8) is 0 Å². The molecule has 6 aliphatic rings. The van der Waals surface area contributed by atoms with Gasteiger partial charge in [0.2, 0.25) is 0 Å². The molecule has 2 spiro atoms. The van der Waals surface area contributed by atoms with Crippen molar-refractivity contribution in [2.75, 3.05) is 13.2 Å². The minimum absolute atomic E-state index is 0.0569. The Kier molecular flexibility index (Phi) is 2.94. The predicted molar refractivity (Wildman–Crippen MR) is 88.1 cm³/mol. The molecule has 2 aliphatic carbocycles. The molecule has 0 aromatic heterocycles. The van der Waals surface area contributed by atoms with Crippen LogP contribution in [0.15, 0.2) is 12.2 Å². The number of aliphatic hydroxyl groups is 4. The van der Waals surface area contributed by atoms with Gasteiger partial charge in [0, 0.05) is 11.8 Å². The van der Waals surface area contributed by atoms with Crippen LogP contribution in [0.25, 0.3) is 0 Å². The molecule has 2 saturated carbocycles. The molecular weight excluding hydrogens is 356 g/mol. The first-order valence-electron chi connectivity index (χ1n) is 9.69. The number of rotatable bonds is 1. The molecule has 6 fully saturated rings. The maximum atomic E-state index is 11.9. The van der Waals surface area contributed by atoms with Crippen LogP contribution < -0.4 is 0 Å². The van der Waals surface area contributed by atoms with Gasteiger partial charge < -0.3 is 39.4 Å². The van der Waals surface area contributed by atoms with Gasteiger partial charge in [-0.05, 0) is 13.3 Å². The quantitative estimate of drug-likeness (QED) is 0.422. The minimum atomic E-state index is -1.54. The van der Waals surface area contributed by atoms with E-state index in [9.17, 15) is 20.4 Å². The second-order valence-corrected chi connectivity index (χ2v) is 9.42. The van der Waals surface area contributed by atoms with Crippen molar-refractivity contribution in [3.8, 4) is 0 Å². The Morgan fingerprint density at radius 1 is 1.15 bits per heavy atom. The Morgan fingerprint density at radius 3 is 2.59 bits per heavy atom. The summed E-state index contributed by atoms with van der Waals surface area (Å²) >= 11 is 0. The van der Waals surface area contributed by atoms with Crippen LogP contribution >= 0.6 is 0 Å². The van der Waals surface area contributed by atoms with E-state index >= 15 is 0 Å². The molecule has 0 aromatic carbocycles. The molecule has 27 heavy (non-hydrogen) atoms. The van der Waals surface area contributed by atoms with Crippen molar-refractivity contribution in [2.24, 2.45) is 22.7 Å². The molecule has 4 heterocycles. The van der Waals surface area contributed by atoms with Crippen LogP contribution in [0, 0.1) is 22.7 Å². The zero-order valence-electron chi connectivity index (χ0n) is 15.4. The molecule has 4 aliphatic heterocycles. The highest BCUT2D eigenvalue weighted by molar-refractivity contribution is 5.44. The molecule has 150 valence electrons. The van der Waals surface area contributed by atoms with Crippen molar-refractivity contribution < 1.29 is 39.4 Å². The van der Waals surface area contributed by atoms with E-state index in [1.807, 2.05) is 13.8 Å². The zero-order chi connectivity index (χ0) is 19.1. The Hall–Kier alpha value is -0.580. The van der Waals surface area contributed by atoms with E-state index in [4.69, 9.17) is 18.9 Å². The highest BCUT2D eigenvalue weighted by atomic mass is 16.8. The van der Waals surface area contributed by atoms with Gasteiger partial charge in [0.05, 0.1) is 48.5 Å². The number of aliphatic hydroxyl groups excluding tert-OH is 3. The first-order chi connectivity index (χ1) is 12.7. The molecule has 4 saturated heterocycles. The van der Waals surface area contributed by atoms with Gasteiger partial charge in [0.25, 0.3) is 0 Å². The Balaban J connectivity index is 1.69. The van der Waals surface area contributed by atoms with Crippen LogP contribution in [0.4, 0.5) is 0 Å². The van der Waals surface area contributed by atoms with E-state index in [1.165, 1.54) is 0 Å². The smallest absolute Gasteiger partial charge is 0.188 e. The minimum Gasteiger partial charge on any atom is -0.390 e. The lowest BCUT2D eigenvalue weighted by atomic mass is 9.53. The van der Waals surface area contributed by atoms with Crippen molar-refractivity contribution >= 4 is 0 Å². The monoisotopic (exact) mass is 382 g/mol. The second-order valence-electron chi connectivity index (χ2n) is 9.42. The Bertz CT molecular complexity index is 743. The lowest BCUT2D eigenvalue weighted by Gasteiger charge is -2.47. The molecule has 0 bridgehead atoms. The third-order valence-corrected chi connectivity index (χ3v) is 8.77. The number of hydrogen-bond donors (Lipinski definition) is 4. The number of fused-ring (bicyclic) bond motifs is 1. The van der Waals surface area contributed by atoms with Crippen molar-refractivity contribution in [1.29, 1.82) is 0 Å². The molecule has 7 unspecified atom stereocenters. The zero-order valence-corrected chi connectivity index (χ0v) is 15.4. The van der Waals surface area contributed by atoms with E-state index in [0.717, 1.165) is 0 Å². The van der Waals surface area contributed by atoms with Crippen LogP contribution in [-0.2, 0) is 18.9 Å². The average molecular weight is 382 g/mol. The van der Waals surface area contributed by atoms with Crippen molar-refractivity contribution in [2.45, 2.75) is 68.5 Å². The van der Waals surface area contributed by atoms with Crippen molar-refractivity contribution in [3.05, 3.63) is 12.2 Å². The van der Waals surface area contributed by atoms with Crippen LogP contribution in [0.1, 0.15) is 20.3 Å². The maximum absolute atomic E-state index is 11.9. The summed E-state index contributed by atoms with van der Waals surface area (Å²) in [6, 6.07) is 0. The van der Waals surface area contributed by atoms with E-state index in [-0.39, 0.29) is 12.5 Å². The lowest BCUT2D eigenvalue weighted by Crippen LogP contribution is -2.67. The molecule has 0 amide bonds. The summed E-state index contributed by atoms with van der Waals surface area (Å²) in [7, 11) is 0. The molecule has 0 radical (unpaired) electrons. The van der Waals surface area contributed by atoms with Gasteiger partial charge in [-0.2, -0.15) is 0 Å². The normalized spacial score (nSPS) is 68.1. The predicted octanol–water partition coefficient (Wildman–Crippen LogP) is -1.10. The Labute approximate surface area is 156 Å². The van der Waals surface area contributed by atoms with Gasteiger partial charge >= 0.3 is 0 Å². The summed E-state index contributed by atoms with van der Waals surface area (Å²) in [4.78, 5) is 0. The summed E-state index contributed by atoms with van der Waals surface area (Å²) < 4.78 is 24.0.